The van der Waals surface area contributed by atoms with Gasteiger partial charge in [0.1, 0.15) is 11.5 Å². The van der Waals surface area contributed by atoms with E-state index in [1.807, 2.05) is 65.5 Å². The minimum Gasteiger partial charge on any atom is -0.496 e. The maximum atomic E-state index is 11.7. The molecular formula is C43H46Cl2N5O5Si. The molecule has 1 aliphatic carbocycles. The highest BCUT2D eigenvalue weighted by molar-refractivity contribution is 6.36. The molecule has 10 nitrogen and oxygen atoms in total. The number of carboxylic acid groups (broad SMARTS) is 1. The van der Waals surface area contributed by atoms with Crippen LogP contribution in [-0.4, -0.2) is 69.5 Å². The number of nitrogens with one attached hydrogen (secondary N) is 3. The lowest BCUT2D eigenvalue weighted by Crippen LogP contribution is -2.49. The number of carbonyl (C=O) groups excluding carboxylic acids is 1. The van der Waals surface area contributed by atoms with Crippen LogP contribution in [-0.2, 0) is 29.2 Å². The number of hydrogen-bond donors (Lipinski definition) is 4. The van der Waals surface area contributed by atoms with Gasteiger partial charge in [-0.1, -0.05) is 65.7 Å². The Morgan fingerprint density at radius 1 is 0.929 bits per heavy atom. The number of aliphatic carboxylic acids is 1. The summed E-state index contributed by atoms with van der Waals surface area (Å²) in [6, 6.07) is 22.2. The maximum absolute atomic E-state index is 11.7. The lowest BCUT2D eigenvalue weighted by atomic mass is 9.82. The molecule has 3 radical (unpaired) electrons. The molecule has 1 saturated carbocycles. The van der Waals surface area contributed by atoms with E-state index in [1.54, 1.807) is 14.2 Å². The summed E-state index contributed by atoms with van der Waals surface area (Å²) in [6.45, 7) is 3.03. The zero-order chi connectivity index (χ0) is 39.4. The Morgan fingerprint density at radius 3 is 2.38 bits per heavy atom. The minimum atomic E-state index is -0.679. The van der Waals surface area contributed by atoms with Crippen LogP contribution in [0.1, 0.15) is 55.2 Å². The molecule has 2 fully saturated rings. The molecular weight excluding hydrogens is 765 g/mol. The molecule has 5 aromatic rings. The average molecular weight is 812 g/mol. The Hall–Kier alpha value is -4.39. The zero-order valence-corrected chi connectivity index (χ0v) is 34.1. The summed E-state index contributed by atoms with van der Waals surface area (Å²) >= 11 is 14.1. The van der Waals surface area contributed by atoms with Gasteiger partial charge in [0.2, 0.25) is 5.91 Å². The van der Waals surface area contributed by atoms with Crippen LogP contribution in [0.15, 0.2) is 72.9 Å². The summed E-state index contributed by atoms with van der Waals surface area (Å²) in [5.41, 5.74) is 7.49. The Morgan fingerprint density at radius 2 is 1.64 bits per heavy atom. The number of rotatable bonds is 15. The van der Waals surface area contributed by atoms with E-state index in [0.717, 1.165) is 100.0 Å². The Bertz CT molecular complexity index is 2240. The smallest absolute Gasteiger partial charge is 0.306 e. The van der Waals surface area contributed by atoms with Gasteiger partial charge in [-0.15, -0.1) is 0 Å². The number of carbonyl (C=O) groups is 2. The topological polar surface area (TPSA) is 127 Å². The van der Waals surface area contributed by atoms with Crippen LogP contribution >= 0.6 is 23.2 Å². The fourth-order valence-corrected chi connectivity index (χ4v) is 8.99. The number of nitrogens with zero attached hydrogens (tertiary/aromatic N) is 2. The van der Waals surface area contributed by atoms with Crippen molar-refractivity contribution in [2.24, 2.45) is 11.8 Å². The molecule has 291 valence electrons. The van der Waals surface area contributed by atoms with Crippen molar-refractivity contribution in [1.82, 2.24) is 25.7 Å². The largest absolute Gasteiger partial charge is 0.496 e. The standard InChI is InChI=1S/C43H46Cl2N5O5Si/c1-54-38-18-28(13-14-29(38)21-47-25-43(56)16-15-40(51)49-43)32-5-3-7-34(41(32)45)33-6-4-8-37-35(33)23-48-50(37)24-31-19-39(55-2)30(17-36(31)44)22-46-20-26-9-11-27(12-10-26)42(52)53/h3-8,13-14,17-19,23,26-27,46-47H,9-12,15-16,20-22,24-25H2,1-2H3,(H,49,51)(H,52,53)/t26?,27?,43-/m1/s1. The Kier molecular flexibility index (Phi) is 12.4. The highest BCUT2D eigenvalue weighted by atomic mass is 35.5. The molecule has 13 heteroatoms. The van der Waals surface area contributed by atoms with Gasteiger partial charge in [0, 0.05) is 63.9 Å². The first kappa shape index (κ1) is 39.8. The van der Waals surface area contributed by atoms with Gasteiger partial charge in [0.15, 0.2) is 0 Å². The molecule has 2 aliphatic rings. The molecule has 1 saturated heterocycles. The summed E-state index contributed by atoms with van der Waals surface area (Å²) in [5, 5.41) is 25.9. The number of carboxylic acids is 1. The average Bonchev–Trinajstić information content (AvgIpc) is 3.77. The second kappa shape index (κ2) is 17.4. The van der Waals surface area contributed by atoms with Gasteiger partial charge in [-0.05, 0) is 85.5 Å². The maximum Gasteiger partial charge on any atom is 0.306 e. The SMILES string of the molecule is COc1cc(Cn2ncc3c(-c4cccc(-c5ccc(CNC[C@]6([Si])CCC(=O)N6)c(OC)c5)c4Cl)cccc32)c(Cl)cc1CNCC1CCC(C(=O)O)CC1. The van der Waals surface area contributed by atoms with Crippen molar-refractivity contribution in [2.45, 2.75) is 63.3 Å². The first-order valence-corrected chi connectivity index (χ1v) is 20.3. The Labute approximate surface area is 340 Å². The van der Waals surface area contributed by atoms with Crippen LogP contribution in [0.4, 0.5) is 0 Å². The quantitative estimate of drug-likeness (QED) is 0.0798. The van der Waals surface area contributed by atoms with Gasteiger partial charge >= 0.3 is 5.97 Å². The van der Waals surface area contributed by atoms with Crippen LogP contribution in [0, 0.1) is 11.8 Å². The van der Waals surface area contributed by atoms with Crippen molar-refractivity contribution in [1.29, 1.82) is 0 Å². The number of hydrogen-bond acceptors (Lipinski definition) is 7. The van der Waals surface area contributed by atoms with Crippen LogP contribution in [0.25, 0.3) is 33.2 Å². The molecule has 1 atom stereocenters. The third-order valence-electron chi connectivity index (χ3n) is 11.2. The zero-order valence-electron chi connectivity index (χ0n) is 31.6. The van der Waals surface area contributed by atoms with Crippen LogP contribution < -0.4 is 25.4 Å². The van der Waals surface area contributed by atoms with E-state index < -0.39 is 11.1 Å². The van der Waals surface area contributed by atoms with Gasteiger partial charge in [0.05, 0.1) is 53.7 Å². The van der Waals surface area contributed by atoms with Gasteiger partial charge in [0.25, 0.3) is 0 Å². The van der Waals surface area contributed by atoms with Crippen molar-refractivity contribution < 1.29 is 24.2 Å². The molecule has 1 aliphatic heterocycles. The summed E-state index contributed by atoms with van der Waals surface area (Å²) in [6.07, 6.45) is 6.43. The number of fused-ring (bicyclic) bond motifs is 1. The number of amides is 1. The van der Waals surface area contributed by atoms with Crippen molar-refractivity contribution in [3.8, 4) is 33.8 Å². The van der Waals surface area contributed by atoms with Crippen molar-refractivity contribution >= 4 is 56.2 Å². The number of ether oxygens (including phenoxy) is 2. The Balaban J connectivity index is 1.06. The molecule has 1 aromatic heterocycles. The summed E-state index contributed by atoms with van der Waals surface area (Å²) in [7, 11) is 7.05. The monoisotopic (exact) mass is 810 g/mol. The van der Waals surface area contributed by atoms with Gasteiger partial charge in [-0.25, -0.2) is 0 Å². The third-order valence-corrected chi connectivity index (χ3v) is 12.5. The first-order chi connectivity index (χ1) is 27.1. The highest BCUT2D eigenvalue weighted by Gasteiger charge is 2.32. The van der Waals surface area contributed by atoms with E-state index in [0.29, 0.717) is 48.6 Å². The normalized spacial score (nSPS) is 19.6. The highest BCUT2D eigenvalue weighted by Crippen LogP contribution is 2.41. The van der Waals surface area contributed by atoms with Gasteiger partial charge in [-0.3, -0.25) is 14.3 Å². The van der Waals surface area contributed by atoms with Crippen LogP contribution in [0.2, 0.25) is 10.0 Å². The molecule has 56 heavy (non-hydrogen) atoms. The molecule has 0 bridgehead atoms. The van der Waals surface area contributed by atoms with E-state index in [4.69, 9.17) is 37.8 Å². The minimum absolute atomic E-state index is 0.0527. The first-order valence-electron chi connectivity index (χ1n) is 19.0. The summed E-state index contributed by atoms with van der Waals surface area (Å²) < 4.78 is 13.5. The van der Waals surface area contributed by atoms with E-state index in [1.165, 1.54) is 0 Å². The summed E-state index contributed by atoms with van der Waals surface area (Å²) in [4.78, 5) is 23.0. The number of benzene rings is 4. The molecule has 1 amide bonds. The molecule has 7 rings (SSSR count). The van der Waals surface area contributed by atoms with Crippen LogP contribution in [0.5, 0.6) is 11.5 Å². The van der Waals surface area contributed by atoms with E-state index in [9.17, 15) is 14.7 Å². The van der Waals surface area contributed by atoms with Crippen LogP contribution in [0.3, 0.4) is 0 Å². The molecule has 2 heterocycles. The second-order valence-corrected chi connectivity index (χ2v) is 16.7. The molecule has 4 aromatic carbocycles. The molecule has 0 spiro atoms. The molecule has 0 unspecified atom stereocenters. The van der Waals surface area contributed by atoms with E-state index in [-0.39, 0.29) is 11.8 Å². The van der Waals surface area contributed by atoms with Crippen molar-refractivity contribution in [2.75, 3.05) is 27.3 Å². The fourth-order valence-electron chi connectivity index (χ4n) is 8.02. The number of methoxy groups -OCH3 is 2. The van der Waals surface area contributed by atoms with Gasteiger partial charge in [-0.2, -0.15) is 5.10 Å². The lowest BCUT2D eigenvalue weighted by molar-refractivity contribution is -0.143. The van der Waals surface area contributed by atoms with E-state index in [2.05, 4.69) is 38.3 Å². The number of aromatic nitrogens is 2. The fraction of sp³-hybridized carbons (Fsp3) is 0.372. The predicted octanol–water partition coefficient (Wildman–Crippen LogP) is 7.59. The van der Waals surface area contributed by atoms with E-state index >= 15 is 0 Å². The summed E-state index contributed by atoms with van der Waals surface area (Å²) in [5.74, 6) is 1.12. The van der Waals surface area contributed by atoms with Crippen molar-refractivity contribution in [3.63, 3.8) is 0 Å². The van der Waals surface area contributed by atoms with Gasteiger partial charge < -0.3 is 30.5 Å². The molecule has 4 N–H and O–H groups in total. The van der Waals surface area contributed by atoms with Crippen molar-refractivity contribution in [3.05, 3.63) is 99.7 Å². The second-order valence-electron chi connectivity index (χ2n) is 14.9. The lowest BCUT2D eigenvalue weighted by Gasteiger charge is -2.26. The third kappa shape index (κ3) is 8.77. The predicted molar refractivity (Wildman–Crippen MR) is 222 cm³/mol. The number of halogens is 2.